The fourth-order valence-corrected chi connectivity index (χ4v) is 4.45. The monoisotopic (exact) mass is 418 g/mol. The van der Waals surface area contributed by atoms with Crippen molar-refractivity contribution in [3.05, 3.63) is 69.8 Å². The Kier molecular flexibility index (Phi) is 5.89. The molecule has 0 unspecified atom stereocenters. The maximum Gasteiger partial charge on any atom is 0.282 e. The van der Waals surface area contributed by atoms with Gasteiger partial charge in [-0.15, -0.1) is 0 Å². The molecule has 3 rings (SSSR count). The van der Waals surface area contributed by atoms with Crippen molar-refractivity contribution in [2.45, 2.75) is 17.7 Å². The maximum atomic E-state index is 12.5. The summed E-state index contributed by atoms with van der Waals surface area (Å²) in [6.07, 6.45) is 1.64. The quantitative estimate of drug-likeness (QED) is 0.557. The molecule has 0 aliphatic carbocycles. The highest BCUT2D eigenvalue weighted by Crippen LogP contribution is 2.21. The lowest BCUT2D eigenvalue weighted by atomic mass is 10.2. The number of nitrogens with zero attached hydrogens (tertiary/aromatic N) is 2. The number of nitro groups is 1. The predicted octanol–water partition coefficient (Wildman–Crippen LogP) is 1.45. The van der Waals surface area contributed by atoms with Gasteiger partial charge in [-0.2, -0.15) is 4.31 Å². The summed E-state index contributed by atoms with van der Waals surface area (Å²) in [4.78, 5) is 34.7. The van der Waals surface area contributed by atoms with Crippen LogP contribution in [0.3, 0.4) is 0 Å². The molecular formula is C18H18N4O6S. The van der Waals surface area contributed by atoms with Gasteiger partial charge in [0.25, 0.3) is 17.5 Å². The van der Waals surface area contributed by atoms with Gasteiger partial charge in [0.2, 0.25) is 10.0 Å². The number of carbonyl (C=O) groups excluding carboxylic acids is 2. The first kappa shape index (κ1) is 20.4. The van der Waals surface area contributed by atoms with Crippen molar-refractivity contribution >= 4 is 27.5 Å². The molecule has 0 aromatic heterocycles. The van der Waals surface area contributed by atoms with E-state index >= 15 is 0 Å². The maximum absolute atomic E-state index is 12.5. The Morgan fingerprint density at radius 2 is 1.52 bits per heavy atom. The zero-order valence-corrected chi connectivity index (χ0v) is 16.0. The zero-order valence-electron chi connectivity index (χ0n) is 15.2. The molecule has 1 saturated heterocycles. The molecule has 0 saturated carbocycles. The summed E-state index contributed by atoms with van der Waals surface area (Å²) >= 11 is 0. The van der Waals surface area contributed by atoms with Crippen LogP contribution in [0, 0.1) is 10.1 Å². The van der Waals surface area contributed by atoms with Gasteiger partial charge in [0.15, 0.2) is 0 Å². The van der Waals surface area contributed by atoms with Crippen LogP contribution in [0.25, 0.3) is 0 Å². The Hall–Kier alpha value is -3.31. The van der Waals surface area contributed by atoms with E-state index in [9.17, 15) is 28.1 Å². The third kappa shape index (κ3) is 4.41. The van der Waals surface area contributed by atoms with Crippen molar-refractivity contribution in [1.82, 2.24) is 15.2 Å². The van der Waals surface area contributed by atoms with Gasteiger partial charge in [-0.05, 0) is 43.2 Å². The number of benzene rings is 2. The molecule has 2 aromatic rings. The summed E-state index contributed by atoms with van der Waals surface area (Å²) in [6.45, 7) is 0.949. The van der Waals surface area contributed by atoms with Crippen LogP contribution in [0.4, 0.5) is 5.69 Å². The van der Waals surface area contributed by atoms with Gasteiger partial charge in [-0.25, -0.2) is 8.42 Å². The zero-order chi connectivity index (χ0) is 21.0. The molecule has 2 amide bonds. The first-order chi connectivity index (χ1) is 13.8. The van der Waals surface area contributed by atoms with Crippen LogP contribution in [0.1, 0.15) is 33.6 Å². The lowest BCUT2D eigenvalue weighted by Gasteiger charge is -2.15. The summed E-state index contributed by atoms with van der Waals surface area (Å²) in [6, 6.07) is 10.6. The Balaban J connectivity index is 1.66. The molecule has 0 atom stereocenters. The first-order valence-corrected chi connectivity index (χ1v) is 10.2. The smallest absolute Gasteiger partial charge is 0.267 e. The van der Waals surface area contributed by atoms with Crippen molar-refractivity contribution in [2.75, 3.05) is 13.1 Å². The van der Waals surface area contributed by atoms with E-state index in [1.807, 2.05) is 0 Å². The molecule has 0 spiro atoms. The molecule has 0 bridgehead atoms. The molecule has 2 aromatic carbocycles. The molecular weight excluding hydrogens is 400 g/mol. The van der Waals surface area contributed by atoms with E-state index in [1.165, 1.54) is 52.8 Å². The Morgan fingerprint density at radius 1 is 0.931 bits per heavy atom. The van der Waals surface area contributed by atoms with Crippen molar-refractivity contribution in [3.8, 4) is 0 Å². The fourth-order valence-electron chi connectivity index (χ4n) is 2.93. The van der Waals surface area contributed by atoms with Crippen LogP contribution in [0.5, 0.6) is 0 Å². The number of hydrogen-bond acceptors (Lipinski definition) is 6. The minimum absolute atomic E-state index is 0.0832. The SMILES string of the molecule is O=C(NNC(=O)c1ccccc1[N+](=O)[O-])c1ccc(S(=O)(=O)N2CCCC2)cc1. The highest BCUT2D eigenvalue weighted by molar-refractivity contribution is 7.89. The van der Waals surface area contributed by atoms with Crippen molar-refractivity contribution in [3.63, 3.8) is 0 Å². The average molecular weight is 418 g/mol. The Bertz CT molecular complexity index is 1050. The molecule has 29 heavy (non-hydrogen) atoms. The molecule has 0 radical (unpaired) electrons. The van der Waals surface area contributed by atoms with Gasteiger partial charge in [-0.3, -0.25) is 30.6 Å². The number of hydrogen-bond donors (Lipinski definition) is 2. The Morgan fingerprint density at radius 3 is 2.14 bits per heavy atom. The van der Waals surface area contributed by atoms with E-state index in [1.54, 1.807) is 0 Å². The van der Waals surface area contributed by atoms with Gasteiger partial charge >= 0.3 is 0 Å². The van der Waals surface area contributed by atoms with Crippen LogP contribution in [0.2, 0.25) is 0 Å². The van der Waals surface area contributed by atoms with E-state index < -0.39 is 32.4 Å². The highest BCUT2D eigenvalue weighted by atomic mass is 32.2. The predicted molar refractivity (Wildman–Crippen MR) is 102 cm³/mol. The van der Waals surface area contributed by atoms with Gasteiger partial charge in [0.05, 0.1) is 9.82 Å². The summed E-state index contributed by atoms with van der Waals surface area (Å²) < 4.78 is 26.4. The van der Waals surface area contributed by atoms with E-state index in [0.29, 0.717) is 13.1 Å². The van der Waals surface area contributed by atoms with Gasteiger partial charge < -0.3 is 0 Å². The summed E-state index contributed by atoms with van der Waals surface area (Å²) in [5.74, 6) is -1.54. The number of sulfonamides is 1. The van der Waals surface area contributed by atoms with E-state index in [2.05, 4.69) is 10.9 Å². The number of para-hydroxylation sites is 1. The summed E-state index contributed by atoms with van der Waals surface area (Å²) in [5.41, 5.74) is 3.79. The van der Waals surface area contributed by atoms with Crippen molar-refractivity contribution in [1.29, 1.82) is 0 Å². The van der Waals surface area contributed by atoms with Crippen LogP contribution >= 0.6 is 0 Å². The molecule has 1 aliphatic heterocycles. The third-order valence-corrected chi connectivity index (χ3v) is 6.37. The number of nitro benzene ring substituents is 1. The number of nitrogens with one attached hydrogen (secondary N) is 2. The fraction of sp³-hybridized carbons (Fsp3) is 0.222. The van der Waals surface area contributed by atoms with E-state index in [4.69, 9.17) is 0 Å². The molecule has 152 valence electrons. The van der Waals surface area contributed by atoms with Crippen molar-refractivity contribution in [2.24, 2.45) is 0 Å². The largest absolute Gasteiger partial charge is 0.282 e. The third-order valence-electron chi connectivity index (χ3n) is 4.45. The molecule has 1 fully saturated rings. The molecule has 11 heteroatoms. The van der Waals surface area contributed by atoms with E-state index in [0.717, 1.165) is 12.8 Å². The van der Waals surface area contributed by atoms with E-state index in [-0.39, 0.29) is 16.0 Å². The van der Waals surface area contributed by atoms with Crippen molar-refractivity contribution < 1.29 is 22.9 Å². The second-order valence-electron chi connectivity index (χ2n) is 6.32. The summed E-state index contributed by atoms with van der Waals surface area (Å²) in [7, 11) is -3.59. The normalized spacial score (nSPS) is 14.3. The highest BCUT2D eigenvalue weighted by Gasteiger charge is 2.27. The van der Waals surface area contributed by atoms with Gasteiger partial charge in [0.1, 0.15) is 5.56 Å². The minimum atomic E-state index is -3.59. The van der Waals surface area contributed by atoms with Gasteiger partial charge in [-0.1, -0.05) is 12.1 Å². The van der Waals surface area contributed by atoms with Crippen LogP contribution in [0.15, 0.2) is 53.4 Å². The molecule has 2 N–H and O–H groups in total. The summed E-state index contributed by atoms with van der Waals surface area (Å²) in [5, 5.41) is 11.0. The minimum Gasteiger partial charge on any atom is -0.267 e. The number of amides is 2. The number of carbonyl (C=O) groups is 2. The van der Waals surface area contributed by atoms with Crippen LogP contribution < -0.4 is 10.9 Å². The lowest BCUT2D eigenvalue weighted by Crippen LogP contribution is -2.41. The molecule has 1 heterocycles. The van der Waals surface area contributed by atoms with Gasteiger partial charge in [0, 0.05) is 24.7 Å². The topological polar surface area (TPSA) is 139 Å². The van der Waals surface area contributed by atoms with Crippen LogP contribution in [-0.2, 0) is 10.0 Å². The second-order valence-corrected chi connectivity index (χ2v) is 8.26. The Labute approximate surface area is 166 Å². The van der Waals surface area contributed by atoms with Crippen LogP contribution in [-0.4, -0.2) is 42.6 Å². The second kappa shape index (κ2) is 8.37. The first-order valence-electron chi connectivity index (χ1n) is 8.75. The molecule has 10 nitrogen and oxygen atoms in total. The number of hydrazine groups is 1. The number of rotatable bonds is 5. The average Bonchev–Trinajstić information content (AvgIpc) is 3.27. The molecule has 1 aliphatic rings. The lowest BCUT2D eigenvalue weighted by molar-refractivity contribution is -0.385. The standard InChI is InChI=1S/C18H18N4O6S/c23-17(19-20-18(24)15-5-1-2-6-16(15)22(25)26)13-7-9-14(10-8-13)29(27,28)21-11-3-4-12-21/h1-2,5-10H,3-4,11-12H2,(H,19,23)(H,20,24).